The van der Waals surface area contributed by atoms with Crippen molar-refractivity contribution in [1.82, 2.24) is 10.2 Å². The number of anilines is 1. The topological polar surface area (TPSA) is 27.3 Å². The molecule has 19 heavy (non-hydrogen) atoms. The summed E-state index contributed by atoms with van der Waals surface area (Å²) < 4.78 is 0. The normalized spacial score (nSPS) is 20.7. The van der Waals surface area contributed by atoms with E-state index in [1.807, 2.05) is 0 Å². The summed E-state index contributed by atoms with van der Waals surface area (Å²) in [4.78, 5) is 2.60. The molecule has 104 valence electrons. The van der Waals surface area contributed by atoms with Gasteiger partial charge in [0.05, 0.1) is 0 Å². The van der Waals surface area contributed by atoms with Crippen LogP contribution < -0.4 is 10.6 Å². The first-order chi connectivity index (χ1) is 9.18. The highest BCUT2D eigenvalue weighted by Crippen LogP contribution is 2.32. The zero-order valence-electron chi connectivity index (χ0n) is 12.1. The molecule has 0 radical (unpaired) electrons. The fraction of sp³-hybridized carbons (Fsp3) is 0.625. The maximum atomic E-state index is 3.50. The Bertz CT molecular complexity index is 447. The summed E-state index contributed by atoms with van der Waals surface area (Å²) >= 11 is 0. The Hall–Kier alpha value is -1.06. The Morgan fingerprint density at radius 3 is 2.68 bits per heavy atom. The van der Waals surface area contributed by atoms with E-state index in [9.17, 15) is 0 Å². The minimum atomic E-state index is 0.134. The van der Waals surface area contributed by atoms with Crippen LogP contribution in [0.1, 0.15) is 31.4 Å². The van der Waals surface area contributed by atoms with E-state index in [2.05, 4.69) is 47.6 Å². The smallest absolute Gasteiger partial charge is 0.0405 e. The zero-order valence-corrected chi connectivity index (χ0v) is 12.1. The van der Waals surface area contributed by atoms with E-state index in [0.29, 0.717) is 0 Å². The highest BCUT2D eigenvalue weighted by atomic mass is 15.2. The summed E-state index contributed by atoms with van der Waals surface area (Å²) in [5.74, 6) is 0. The lowest BCUT2D eigenvalue weighted by molar-refractivity contribution is 0.102. The van der Waals surface area contributed by atoms with Crippen molar-refractivity contribution in [3.8, 4) is 0 Å². The third-order valence-electron chi connectivity index (χ3n) is 4.66. The molecule has 2 aliphatic rings. The van der Waals surface area contributed by atoms with Crippen LogP contribution >= 0.6 is 0 Å². The van der Waals surface area contributed by atoms with Gasteiger partial charge < -0.3 is 10.6 Å². The van der Waals surface area contributed by atoms with Gasteiger partial charge in [-0.1, -0.05) is 12.1 Å². The first-order valence-electron chi connectivity index (χ1n) is 7.51. The summed E-state index contributed by atoms with van der Waals surface area (Å²) in [6.07, 6.45) is 2.47. The van der Waals surface area contributed by atoms with Gasteiger partial charge in [-0.05, 0) is 43.9 Å². The minimum absolute atomic E-state index is 0.134. The zero-order chi connectivity index (χ0) is 13.3. The van der Waals surface area contributed by atoms with Crippen molar-refractivity contribution in [3.05, 3.63) is 29.3 Å². The molecule has 0 bridgehead atoms. The van der Waals surface area contributed by atoms with Crippen molar-refractivity contribution in [3.63, 3.8) is 0 Å². The van der Waals surface area contributed by atoms with E-state index in [1.54, 1.807) is 0 Å². The number of rotatable bonds is 2. The molecule has 3 rings (SSSR count). The molecule has 0 aliphatic carbocycles. The molecular formula is C16H25N3. The van der Waals surface area contributed by atoms with Gasteiger partial charge in [0.15, 0.2) is 0 Å². The summed E-state index contributed by atoms with van der Waals surface area (Å²) in [6.45, 7) is 10.3. The molecule has 2 aliphatic heterocycles. The molecular weight excluding hydrogens is 234 g/mol. The van der Waals surface area contributed by atoms with Gasteiger partial charge >= 0.3 is 0 Å². The van der Waals surface area contributed by atoms with Gasteiger partial charge in [-0.3, -0.25) is 4.90 Å². The first kappa shape index (κ1) is 12.9. The van der Waals surface area contributed by atoms with E-state index in [1.165, 1.54) is 29.7 Å². The third-order valence-corrected chi connectivity index (χ3v) is 4.66. The van der Waals surface area contributed by atoms with Crippen LogP contribution in [0.2, 0.25) is 0 Å². The Morgan fingerprint density at radius 1 is 1.11 bits per heavy atom. The summed E-state index contributed by atoms with van der Waals surface area (Å²) in [7, 11) is 0. The second kappa shape index (κ2) is 5.14. The number of piperazine rings is 1. The van der Waals surface area contributed by atoms with Crippen LogP contribution in [0, 0.1) is 0 Å². The number of aryl methyl sites for hydroxylation is 1. The van der Waals surface area contributed by atoms with E-state index >= 15 is 0 Å². The summed E-state index contributed by atoms with van der Waals surface area (Å²) in [5.41, 5.74) is 4.42. The Kier molecular flexibility index (Phi) is 3.50. The molecule has 1 fully saturated rings. The predicted octanol–water partition coefficient (Wildman–Crippen LogP) is 2.18. The van der Waals surface area contributed by atoms with Gasteiger partial charge in [-0.25, -0.2) is 0 Å². The molecule has 0 amide bonds. The first-order valence-corrected chi connectivity index (χ1v) is 7.51. The van der Waals surface area contributed by atoms with Crippen molar-refractivity contribution in [2.45, 2.75) is 32.2 Å². The fourth-order valence-electron chi connectivity index (χ4n) is 3.26. The quantitative estimate of drug-likeness (QED) is 0.852. The van der Waals surface area contributed by atoms with Crippen molar-refractivity contribution in [2.75, 3.05) is 38.0 Å². The van der Waals surface area contributed by atoms with Crippen LogP contribution in [0.15, 0.2) is 18.2 Å². The standard InChI is InChI=1S/C16H25N3/c1-16(2,19-10-8-17-9-11-19)14-5-6-15-13(12-14)4-3-7-18-15/h5-6,12,17-18H,3-4,7-11H2,1-2H3. The fourth-order valence-corrected chi connectivity index (χ4v) is 3.26. The number of hydrogen-bond acceptors (Lipinski definition) is 3. The van der Waals surface area contributed by atoms with Gasteiger partial charge in [0.25, 0.3) is 0 Å². The minimum Gasteiger partial charge on any atom is -0.385 e. The second-order valence-corrected chi connectivity index (χ2v) is 6.20. The Balaban J connectivity index is 1.87. The predicted molar refractivity (Wildman–Crippen MR) is 80.7 cm³/mol. The van der Waals surface area contributed by atoms with E-state index < -0.39 is 0 Å². The van der Waals surface area contributed by atoms with E-state index in [-0.39, 0.29) is 5.54 Å². The van der Waals surface area contributed by atoms with Gasteiger partial charge in [-0.15, -0.1) is 0 Å². The van der Waals surface area contributed by atoms with Crippen LogP contribution in [-0.2, 0) is 12.0 Å². The van der Waals surface area contributed by atoms with Gasteiger partial charge in [-0.2, -0.15) is 0 Å². The lowest BCUT2D eigenvalue weighted by Crippen LogP contribution is -2.51. The highest BCUT2D eigenvalue weighted by molar-refractivity contribution is 5.55. The number of nitrogens with zero attached hydrogens (tertiary/aromatic N) is 1. The molecule has 3 nitrogen and oxygen atoms in total. The van der Waals surface area contributed by atoms with Gasteiger partial charge in [0.2, 0.25) is 0 Å². The number of benzene rings is 1. The monoisotopic (exact) mass is 259 g/mol. The van der Waals surface area contributed by atoms with E-state index in [0.717, 1.165) is 32.7 Å². The Morgan fingerprint density at radius 2 is 1.89 bits per heavy atom. The summed E-state index contributed by atoms with van der Waals surface area (Å²) in [6, 6.07) is 7.00. The SMILES string of the molecule is CC(C)(c1ccc2c(c1)CCCN2)N1CCNCC1. The highest BCUT2D eigenvalue weighted by Gasteiger charge is 2.30. The van der Waals surface area contributed by atoms with Crippen molar-refractivity contribution in [2.24, 2.45) is 0 Å². The molecule has 0 spiro atoms. The van der Waals surface area contributed by atoms with E-state index in [4.69, 9.17) is 0 Å². The molecule has 1 saturated heterocycles. The van der Waals surface area contributed by atoms with Gasteiger partial charge in [0, 0.05) is 44.0 Å². The molecule has 3 heteroatoms. The average Bonchev–Trinajstić information content (AvgIpc) is 2.47. The molecule has 0 saturated carbocycles. The van der Waals surface area contributed by atoms with Crippen molar-refractivity contribution in [1.29, 1.82) is 0 Å². The molecule has 2 N–H and O–H groups in total. The number of fused-ring (bicyclic) bond motifs is 1. The van der Waals surface area contributed by atoms with Crippen LogP contribution in [-0.4, -0.2) is 37.6 Å². The molecule has 2 heterocycles. The lowest BCUT2D eigenvalue weighted by atomic mass is 9.88. The average molecular weight is 259 g/mol. The van der Waals surface area contributed by atoms with Gasteiger partial charge in [0.1, 0.15) is 0 Å². The van der Waals surface area contributed by atoms with Crippen LogP contribution in [0.5, 0.6) is 0 Å². The third kappa shape index (κ3) is 2.49. The van der Waals surface area contributed by atoms with Crippen LogP contribution in [0.3, 0.4) is 0 Å². The van der Waals surface area contributed by atoms with Crippen molar-refractivity contribution >= 4 is 5.69 Å². The maximum absolute atomic E-state index is 3.50. The molecule has 1 aromatic carbocycles. The number of hydrogen-bond donors (Lipinski definition) is 2. The second-order valence-electron chi connectivity index (χ2n) is 6.20. The molecule has 1 aromatic rings. The Labute approximate surface area is 116 Å². The van der Waals surface area contributed by atoms with Crippen LogP contribution in [0.25, 0.3) is 0 Å². The largest absolute Gasteiger partial charge is 0.385 e. The molecule has 0 atom stereocenters. The lowest BCUT2D eigenvalue weighted by Gasteiger charge is -2.42. The maximum Gasteiger partial charge on any atom is 0.0405 e. The van der Waals surface area contributed by atoms with Crippen molar-refractivity contribution < 1.29 is 0 Å². The summed E-state index contributed by atoms with van der Waals surface area (Å²) in [5, 5.41) is 6.93. The van der Waals surface area contributed by atoms with Crippen LogP contribution in [0.4, 0.5) is 5.69 Å². The molecule has 0 aromatic heterocycles. The molecule has 0 unspecified atom stereocenters. The number of nitrogens with one attached hydrogen (secondary N) is 2.